The summed E-state index contributed by atoms with van der Waals surface area (Å²) < 4.78 is 13.6. The van der Waals surface area contributed by atoms with Gasteiger partial charge >= 0.3 is 0 Å². The topological polar surface area (TPSA) is 23.5 Å². The average molecular weight is 237 g/mol. The lowest BCUT2D eigenvalue weighted by molar-refractivity contribution is 0.274. The number of nitrogens with zero attached hydrogens (tertiary/aromatic N) is 1. The van der Waals surface area contributed by atoms with Crippen LogP contribution in [-0.4, -0.2) is 18.2 Å². The highest BCUT2D eigenvalue weighted by Crippen LogP contribution is 2.29. The number of anilines is 1. The molecule has 1 aliphatic heterocycles. The summed E-state index contributed by atoms with van der Waals surface area (Å²) in [7, 11) is 0. The van der Waals surface area contributed by atoms with Crippen molar-refractivity contribution in [2.75, 3.05) is 18.0 Å². The standard InChI is InChI=1S/C14H20FNO/c1-10-6-11(2)8-16(7-10)14-5-3-4-13(15)12(14)9-17/h3-5,10-11,17H,6-9H2,1-2H3. The largest absolute Gasteiger partial charge is 0.391 e. The Kier molecular flexibility index (Phi) is 3.67. The number of halogens is 1. The van der Waals surface area contributed by atoms with Gasteiger partial charge in [-0.1, -0.05) is 19.9 Å². The smallest absolute Gasteiger partial charge is 0.130 e. The van der Waals surface area contributed by atoms with E-state index in [1.807, 2.05) is 6.07 Å². The molecule has 1 N–H and O–H groups in total. The molecule has 0 radical (unpaired) electrons. The van der Waals surface area contributed by atoms with E-state index in [0.29, 0.717) is 17.4 Å². The number of hydrogen-bond donors (Lipinski definition) is 1. The minimum Gasteiger partial charge on any atom is -0.391 e. The van der Waals surface area contributed by atoms with E-state index in [9.17, 15) is 9.50 Å². The predicted molar refractivity (Wildman–Crippen MR) is 67.5 cm³/mol. The van der Waals surface area contributed by atoms with Gasteiger partial charge in [-0.3, -0.25) is 0 Å². The van der Waals surface area contributed by atoms with Crippen molar-refractivity contribution < 1.29 is 9.50 Å². The van der Waals surface area contributed by atoms with Crippen LogP contribution in [-0.2, 0) is 6.61 Å². The Labute approximate surface area is 102 Å². The maximum atomic E-state index is 13.6. The zero-order valence-corrected chi connectivity index (χ0v) is 10.5. The summed E-state index contributed by atoms with van der Waals surface area (Å²) in [6, 6.07) is 5.03. The second-order valence-electron chi connectivity index (χ2n) is 5.25. The molecule has 1 aliphatic rings. The molecule has 2 nitrogen and oxygen atoms in total. The molecule has 1 aromatic rings. The third kappa shape index (κ3) is 2.60. The first-order valence-corrected chi connectivity index (χ1v) is 6.25. The molecule has 1 fully saturated rings. The number of hydrogen-bond acceptors (Lipinski definition) is 2. The number of aliphatic hydroxyl groups excluding tert-OH is 1. The molecule has 0 aliphatic carbocycles. The Morgan fingerprint density at radius 3 is 2.53 bits per heavy atom. The van der Waals surface area contributed by atoms with Gasteiger partial charge in [0.1, 0.15) is 5.82 Å². The lowest BCUT2D eigenvalue weighted by atomic mass is 9.91. The molecule has 0 saturated carbocycles. The second-order valence-corrected chi connectivity index (χ2v) is 5.25. The normalized spacial score (nSPS) is 25.1. The highest BCUT2D eigenvalue weighted by Gasteiger charge is 2.24. The van der Waals surface area contributed by atoms with Crippen LogP contribution in [0.3, 0.4) is 0 Å². The fourth-order valence-corrected chi connectivity index (χ4v) is 2.86. The highest BCUT2D eigenvalue weighted by molar-refractivity contribution is 5.54. The molecule has 0 spiro atoms. The number of rotatable bonds is 2. The molecule has 1 saturated heterocycles. The van der Waals surface area contributed by atoms with E-state index in [2.05, 4.69) is 18.7 Å². The number of piperidine rings is 1. The van der Waals surface area contributed by atoms with E-state index in [0.717, 1.165) is 18.8 Å². The van der Waals surface area contributed by atoms with Crippen LogP contribution in [0.4, 0.5) is 10.1 Å². The molecule has 2 unspecified atom stereocenters. The molecule has 0 bridgehead atoms. The fraction of sp³-hybridized carbons (Fsp3) is 0.571. The van der Waals surface area contributed by atoms with E-state index in [4.69, 9.17) is 0 Å². The Morgan fingerprint density at radius 2 is 1.94 bits per heavy atom. The molecular formula is C14H20FNO. The maximum Gasteiger partial charge on any atom is 0.130 e. The van der Waals surface area contributed by atoms with Crippen LogP contribution < -0.4 is 4.90 Å². The van der Waals surface area contributed by atoms with E-state index in [1.54, 1.807) is 6.07 Å². The minimum absolute atomic E-state index is 0.235. The van der Waals surface area contributed by atoms with Crippen LogP contribution in [0, 0.1) is 17.7 Å². The van der Waals surface area contributed by atoms with Crippen molar-refractivity contribution in [2.24, 2.45) is 11.8 Å². The van der Waals surface area contributed by atoms with Gasteiger partial charge in [-0.15, -0.1) is 0 Å². The summed E-state index contributed by atoms with van der Waals surface area (Å²) in [5.41, 5.74) is 1.28. The van der Waals surface area contributed by atoms with Crippen molar-refractivity contribution in [2.45, 2.75) is 26.9 Å². The molecule has 2 rings (SSSR count). The van der Waals surface area contributed by atoms with Crippen LogP contribution in [0.15, 0.2) is 18.2 Å². The van der Waals surface area contributed by atoms with Gasteiger partial charge in [0.2, 0.25) is 0 Å². The van der Waals surface area contributed by atoms with Crippen LogP contribution in [0.1, 0.15) is 25.8 Å². The zero-order chi connectivity index (χ0) is 12.4. The van der Waals surface area contributed by atoms with Gasteiger partial charge in [0, 0.05) is 24.3 Å². The Balaban J connectivity index is 2.30. The lowest BCUT2D eigenvalue weighted by Crippen LogP contribution is -2.39. The van der Waals surface area contributed by atoms with E-state index in [-0.39, 0.29) is 12.4 Å². The van der Waals surface area contributed by atoms with E-state index < -0.39 is 0 Å². The van der Waals surface area contributed by atoms with Crippen molar-refractivity contribution in [3.63, 3.8) is 0 Å². The fourth-order valence-electron chi connectivity index (χ4n) is 2.86. The van der Waals surface area contributed by atoms with Crippen LogP contribution in [0.25, 0.3) is 0 Å². The van der Waals surface area contributed by atoms with E-state index >= 15 is 0 Å². The van der Waals surface area contributed by atoms with E-state index in [1.165, 1.54) is 12.5 Å². The van der Waals surface area contributed by atoms with Gasteiger partial charge in [-0.25, -0.2) is 4.39 Å². The number of aliphatic hydroxyl groups is 1. The van der Waals surface area contributed by atoms with Gasteiger partial charge in [0.05, 0.1) is 6.61 Å². The Morgan fingerprint density at radius 1 is 1.29 bits per heavy atom. The lowest BCUT2D eigenvalue weighted by Gasteiger charge is -2.37. The predicted octanol–water partition coefficient (Wildman–Crippen LogP) is 2.80. The highest BCUT2D eigenvalue weighted by atomic mass is 19.1. The summed E-state index contributed by atoms with van der Waals surface area (Å²) in [4.78, 5) is 2.20. The van der Waals surface area contributed by atoms with Gasteiger partial charge in [-0.2, -0.15) is 0 Å². The van der Waals surface area contributed by atoms with Crippen molar-refractivity contribution in [1.82, 2.24) is 0 Å². The summed E-state index contributed by atoms with van der Waals surface area (Å²) in [6.07, 6.45) is 1.22. The first-order chi connectivity index (χ1) is 8.11. The van der Waals surface area contributed by atoms with Crippen molar-refractivity contribution >= 4 is 5.69 Å². The third-order valence-electron chi connectivity index (χ3n) is 3.46. The molecule has 0 aromatic heterocycles. The van der Waals surface area contributed by atoms with Crippen molar-refractivity contribution in [3.05, 3.63) is 29.6 Å². The Bertz CT molecular complexity index is 384. The number of benzene rings is 1. The molecule has 17 heavy (non-hydrogen) atoms. The van der Waals surface area contributed by atoms with Crippen molar-refractivity contribution in [1.29, 1.82) is 0 Å². The quantitative estimate of drug-likeness (QED) is 0.855. The molecule has 94 valence electrons. The SMILES string of the molecule is CC1CC(C)CN(c2cccc(F)c2CO)C1. The molecule has 1 heterocycles. The molecule has 1 aromatic carbocycles. The third-order valence-corrected chi connectivity index (χ3v) is 3.46. The van der Waals surface area contributed by atoms with Crippen LogP contribution in [0.2, 0.25) is 0 Å². The van der Waals surface area contributed by atoms with Gasteiger partial charge < -0.3 is 10.0 Å². The summed E-state index contributed by atoms with van der Waals surface area (Å²) in [6.45, 7) is 6.10. The van der Waals surface area contributed by atoms with Gasteiger partial charge in [-0.05, 0) is 30.4 Å². The van der Waals surface area contributed by atoms with Gasteiger partial charge in [0.15, 0.2) is 0 Å². The summed E-state index contributed by atoms with van der Waals surface area (Å²) >= 11 is 0. The summed E-state index contributed by atoms with van der Waals surface area (Å²) in [5.74, 6) is 0.929. The van der Waals surface area contributed by atoms with Crippen molar-refractivity contribution in [3.8, 4) is 0 Å². The average Bonchev–Trinajstić information content (AvgIpc) is 2.27. The molecular weight excluding hydrogens is 217 g/mol. The summed E-state index contributed by atoms with van der Waals surface area (Å²) in [5, 5.41) is 9.30. The second kappa shape index (κ2) is 5.05. The first kappa shape index (κ1) is 12.4. The monoisotopic (exact) mass is 237 g/mol. The Hall–Kier alpha value is -1.09. The molecule has 0 amide bonds. The maximum absolute atomic E-state index is 13.6. The minimum atomic E-state index is -0.309. The first-order valence-electron chi connectivity index (χ1n) is 6.25. The molecule has 2 atom stereocenters. The van der Waals surface area contributed by atoms with Crippen LogP contribution in [0.5, 0.6) is 0 Å². The van der Waals surface area contributed by atoms with Crippen LogP contribution >= 0.6 is 0 Å². The van der Waals surface area contributed by atoms with Gasteiger partial charge in [0.25, 0.3) is 0 Å². The zero-order valence-electron chi connectivity index (χ0n) is 10.5. The molecule has 3 heteroatoms.